The van der Waals surface area contributed by atoms with Crippen molar-refractivity contribution >= 4 is 33.8 Å². The number of carbonyl (C=O) groups excluding carboxylic acids is 2. The van der Waals surface area contributed by atoms with Gasteiger partial charge in [-0.05, 0) is 60.4 Å². The first-order chi connectivity index (χ1) is 15.3. The molecule has 2 heterocycles. The number of anilines is 2. The van der Waals surface area contributed by atoms with Gasteiger partial charge in [0.15, 0.2) is 5.76 Å². The number of fused-ring (bicyclic) bond motifs is 1. The van der Waals surface area contributed by atoms with Crippen LogP contribution in [-0.4, -0.2) is 18.9 Å². The predicted octanol–water partition coefficient (Wildman–Crippen LogP) is 6.01. The average molecular weight is 453 g/mol. The predicted molar refractivity (Wildman–Crippen MR) is 127 cm³/mol. The van der Waals surface area contributed by atoms with Gasteiger partial charge in [0, 0.05) is 4.88 Å². The van der Waals surface area contributed by atoms with Crippen molar-refractivity contribution < 1.29 is 18.7 Å². The number of hydrogen-bond donors (Lipinski definition) is 2. The summed E-state index contributed by atoms with van der Waals surface area (Å²) in [6, 6.07) is 10.6. The average Bonchev–Trinajstić information content (AvgIpc) is 3.41. The van der Waals surface area contributed by atoms with E-state index in [1.807, 2.05) is 12.1 Å². The molecule has 1 aliphatic carbocycles. The van der Waals surface area contributed by atoms with Crippen LogP contribution in [0.2, 0.25) is 0 Å². The zero-order valence-corrected chi connectivity index (χ0v) is 19.6. The van der Waals surface area contributed by atoms with Crippen molar-refractivity contribution in [3.8, 4) is 5.75 Å². The van der Waals surface area contributed by atoms with E-state index in [9.17, 15) is 9.59 Å². The van der Waals surface area contributed by atoms with E-state index in [1.165, 1.54) is 17.6 Å². The second kappa shape index (κ2) is 8.82. The summed E-state index contributed by atoms with van der Waals surface area (Å²) in [6.45, 7) is 6.77. The molecule has 0 radical (unpaired) electrons. The Morgan fingerprint density at radius 3 is 2.56 bits per heavy atom. The fourth-order valence-corrected chi connectivity index (χ4v) is 5.48. The zero-order chi connectivity index (χ0) is 22.9. The zero-order valence-electron chi connectivity index (χ0n) is 18.8. The van der Waals surface area contributed by atoms with Gasteiger partial charge in [-0.15, -0.1) is 11.3 Å². The van der Waals surface area contributed by atoms with Crippen molar-refractivity contribution in [2.45, 2.75) is 40.0 Å². The van der Waals surface area contributed by atoms with E-state index < -0.39 is 0 Å². The molecule has 0 saturated carbocycles. The van der Waals surface area contributed by atoms with E-state index in [2.05, 4.69) is 31.4 Å². The second-order valence-electron chi connectivity index (χ2n) is 9.10. The molecule has 2 N–H and O–H groups in total. The first-order valence-corrected chi connectivity index (χ1v) is 11.5. The lowest BCUT2D eigenvalue weighted by Gasteiger charge is -2.33. The lowest BCUT2D eigenvalue weighted by atomic mass is 9.72. The fraction of sp³-hybridized carbons (Fsp3) is 0.360. The smallest absolute Gasteiger partial charge is 0.291 e. The van der Waals surface area contributed by atoms with Crippen LogP contribution in [0.4, 0.5) is 10.7 Å². The van der Waals surface area contributed by atoms with Gasteiger partial charge in [0.2, 0.25) is 0 Å². The van der Waals surface area contributed by atoms with Crippen LogP contribution in [0, 0.1) is 11.3 Å². The molecule has 32 heavy (non-hydrogen) atoms. The van der Waals surface area contributed by atoms with Crippen LogP contribution in [-0.2, 0) is 12.8 Å². The number of thiophene rings is 1. The molecule has 0 bridgehead atoms. The Hall–Kier alpha value is -3.06. The number of furan rings is 1. The number of carbonyl (C=O) groups is 2. The largest absolute Gasteiger partial charge is 0.495 e. The van der Waals surface area contributed by atoms with E-state index in [0.717, 1.165) is 29.7 Å². The van der Waals surface area contributed by atoms with Gasteiger partial charge in [0.05, 0.1) is 24.6 Å². The summed E-state index contributed by atoms with van der Waals surface area (Å²) in [7, 11) is 1.57. The summed E-state index contributed by atoms with van der Waals surface area (Å²) >= 11 is 1.49. The standard InChI is InChI=1S/C25H28N2O4S/c1-25(2,3)15-11-12-16-20(14-15)32-24(27-22(28)19-10-7-13-31-19)21(16)23(29)26-17-8-5-6-9-18(17)30-4/h5-10,13,15H,11-12,14H2,1-4H3,(H,26,29)(H,27,28)/t15-/m1/s1. The number of rotatable bonds is 5. The van der Waals surface area contributed by atoms with Gasteiger partial charge >= 0.3 is 0 Å². The molecule has 1 atom stereocenters. The van der Waals surface area contributed by atoms with Gasteiger partial charge in [-0.2, -0.15) is 0 Å². The van der Waals surface area contributed by atoms with E-state index in [4.69, 9.17) is 9.15 Å². The lowest BCUT2D eigenvalue weighted by molar-refractivity contribution is 0.0997. The Labute approximate surface area is 192 Å². The van der Waals surface area contributed by atoms with Crippen LogP contribution in [0.5, 0.6) is 5.75 Å². The Morgan fingerprint density at radius 1 is 1.09 bits per heavy atom. The molecule has 168 valence electrons. The normalized spacial score (nSPS) is 15.7. The number of hydrogen-bond acceptors (Lipinski definition) is 5. The topological polar surface area (TPSA) is 80.6 Å². The Bertz CT molecular complexity index is 1130. The molecule has 0 spiro atoms. The SMILES string of the molecule is COc1ccccc1NC(=O)c1c(NC(=O)c2ccco2)sc2c1CC[C@@H](C(C)(C)C)C2. The Kier molecular flexibility index (Phi) is 6.11. The summed E-state index contributed by atoms with van der Waals surface area (Å²) in [5.74, 6) is 0.689. The van der Waals surface area contributed by atoms with E-state index in [1.54, 1.807) is 31.4 Å². The monoisotopic (exact) mass is 452 g/mol. The molecular formula is C25H28N2O4S. The highest BCUT2D eigenvalue weighted by Gasteiger charge is 2.34. The van der Waals surface area contributed by atoms with Gasteiger partial charge in [-0.1, -0.05) is 32.9 Å². The molecule has 2 amide bonds. The number of ether oxygens (including phenoxy) is 1. The minimum atomic E-state index is -0.368. The quantitative estimate of drug-likeness (QED) is 0.497. The number of nitrogens with one attached hydrogen (secondary N) is 2. The molecule has 1 aromatic carbocycles. The van der Waals surface area contributed by atoms with Crippen molar-refractivity contribution in [3.05, 3.63) is 64.4 Å². The highest BCUT2D eigenvalue weighted by molar-refractivity contribution is 7.17. The van der Waals surface area contributed by atoms with Crippen LogP contribution >= 0.6 is 11.3 Å². The highest BCUT2D eigenvalue weighted by atomic mass is 32.1. The van der Waals surface area contributed by atoms with E-state index >= 15 is 0 Å². The van der Waals surface area contributed by atoms with Crippen molar-refractivity contribution in [2.24, 2.45) is 11.3 Å². The molecule has 3 aromatic rings. The van der Waals surface area contributed by atoms with Gasteiger partial charge < -0.3 is 19.8 Å². The minimum absolute atomic E-state index is 0.180. The summed E-state index contributed by atoms with van der Waals surface area (Å²) in [6.07, 6.45) is 4.17. The second-order valence-corrected chi connectivity index (χ2v) is 10.2. The maximum absolute atomic E-state index is 13.4. The first-order valence-electron chi connectivity index (χ1n) is 10.7. The molecule has 0 unspecified atom stereocenters. The van der Waals surface area contributed by atoms with Gasteiger partial charge in [0.1, 0.15) is 10.8 Å². The number of amides is 2. The Morgan fingerprint density at radius 2 is 1.88 bits per heavy atom. The van der Waals surface area contributed by atoms with Crippen molar-refractivity contribution in [1.29, 1.82) is 0 Å². The molecule has 1 aliphatic rings. The van der Waals surface area contributed by atoms with E-state index in [0.29, 0.717) is 27.9 Å². The molecule has 6 nitrogen and oxygen atoms in total. The van der Waals surface area contributed by atoms with Gasteiger partial charge in [0.25, 0.3) is 11.8 Å². The number of benzene rings is 1. The third-order valence-electron chi connectivity index (χ3n) is 6.04. The summed E-state index contributed by atoms with van der Waals surface area (Å²) in [4.78, 5) is 27.3. The molecule has 0 saturated heterocycles. The van der Waals surface area contributed by atoms with Gasteiger partial charge in [-0.3, -0.25) is 9.59 Å². The van der Waals surface area contributed by atoms with Gasteiger partial charge in [-0.25, -0.2) is 0 Å². The lowest BCUT2D eigenvalue weighted by Crippen LogP contribution is -2.27. The fourth-order valence-electron chi connectivity index (χ4n) is 4.16. The summed E-state index contributed by atoms with van der Waals surface area (Å²) in [5.41, 5.74) is 2.33. The van der Waals surface area contributed by atoms with Crippen LogP contribution < -0.4 is 15.4 Å². The van der Waals surface area contributed by atoms with Crippen molar-refractivity contribution in [1.82, 2.24) is 0 Å². The molecule has 4 rings (SSSR count). The highest BCUT2D eigenvalue weighted by Crippen LogP contribution is 2.44. The number of methoxy groups -OCH3 is 1. The molecule has 7 heteroatoms. The van der Waals surface area contributed by atoms with Crippen LogP contribution in [0.25, 0.3) is 0 Å². The maximum Gasteiger partial charge on any atom is 0.291 e. The maximum atomic E-state index is 13.4. The molecule has 0 fully saturated rings. The Balaban J connectivity index is 1.70. The molecule has 2 aromatic heterocycles. The summed E-state index contributed by atoms with van der Waals surface area (Å²) in [5, 5.41) is 6.44. The van der Waals surface area contributed by atoms with Crippen molar-refractivity contribution in [3.63, 3.8) is 0 Å². The number of para-hydroxylation sites is 2. The minimum Gasteiger partial charge on any atom is -0.495 e. The third kappa shape index (κ3) is 4.43. The van der Waals surface area contributed by atoms with Crippen LogP contribution in [0.3, 0.4) is 0 Å². The van der Waals surface area contributed by atoms with E-state index in [-0.39, 0.29) is 23.0 Å². The van der Waals surface area contributed by atoms with Crippen LogP contribution in [0.1, 0.15) is 58.5 Å². The van der Waals surface area contributed by atoms with Crippen LogP contribution in [0.15, 0.2) is 47.1 Å². The first kappa shape index (κ1) is 22.1. The molecular weight excluding hydrogens is 424 g/mol. The third-order valence-corrected chi connectivity index (χ3v) is 7.21. The van der Waals surface area contributed by atoms with Crippen molar-refractivity contribution in [2.75, 3.05) is 17.7 Å². The molecule has 0 aliphatic heterocycles. The summed E-state index contributed by atoms with van der Waals surface area (Å²) < 4.78 is 10.6.